The van der Waals surface area contributed by atoms with Crippen LogP contribution in [0.5, 0.6) is 5.75 Å². The molecule has 1 aliphatic rings. The van der Waals surface area contributed by atoms with Crippen molar-refractivity contribution in [3.8, 4) is 5.75 Å². The van der Waals surface area contributed by atoms with Gasteiger partial charge in [0.2, 0.25) is 5.09 Å². The number of ether oxygens (including phenoxy) is 1. The molecule has 134 valence electrons. The molecule has 0 saturated carbocycles. The van der Waals surface area contributed by atoms with Gasteiger partial charge in [0.25, 0.3) is 10.0 Å². The van der Waals surface area contributed by atoms with E-state index >= 15 is 0 Å². The molecule has 0 amide bonds. The molecule has 25 heavy (non-hydrogen) atoms. The van der Waals surface area contributed by atoms with E-state index in [9.17, 15) is 17.6 Å². The molecule has 1 fully saturated rings. The predicted molar refractivity (Wildman–Crippen MR) is 87.4 cm³/mol. The maximum absolute atomic E-state index is 13.8. The summed E-state index contributed by atoms with van der Waals surface area (Å²) in [7, 11) is -3.61. The van der Waals surface area contributed by atoms with Gasteiger partial charge in [-0.25, -0.2) is 12.8 Å². The minimum absolute atomic E-state index is 0.00987. The first-order valence-electron chi connectivity index (χ1n) is 7.90. The summed E-state index contributed by atoms with van der Waals surface area (Å²) in [5.41, 5.74) is -0.00987. The van der Waals surface area contributed by atoms with Crippen LogP contribution in [0.4, 0.5) is 4.39 Å². The van der Waals surface area contributed by atoms with E-state index in [0.717, 1.165) is 18.9 Å². The second kappa shape index (κ2) is 6.97. The summed E-state index contributed by atoms with van der Waals surface area (Å²) < 4.78 is 50.7. The third-order valence-corrected chi connectivity index (χ3v) is 5.77. The van der Waals surface area contributed by atoms with Gasteiger partial charge in [-0.15, -0.1) is 0 Å². The van der Waals surface area contributed by atoms with Crippen LogP contribution in [-0.2, 0) is 16.6 Å². The van der Waals surface area contributed by atoms with Crippen LogP contribution in [0.25, 0.3) is 0 Å². The van der Waals surface area contributed by atoms with Crippen LogP contribution in [-0.4, -0.2) is 31.6 Å². The van der Waals surface area contributed by atoms with Crippen LogP contribution in [0, 0.1) is 5.82 Å². The highest BCUT2D eigenvalue weighted by Gasteiger charge is 2.29. The molecule has 1 aromatic carbocycles. The molecule has 1 saturated heterocycles. The van der Waals surface area contributed by atoms with Crippen LogP contribution in [0.1, 0.15) is 35.9 Å². The van der Waals surface area contributed by atoms with E-state index in [1.165, 1.54) is 35.5 Å². The van der Waals surface area contributed by atoms with Crippen LogP contribution in [0.15, 0.2) is 39.8 Å². The number of sulfonamides is 1. The summed E-state index contributed by atoms with van der Waals surface area (Å²) in [6.45, 7) is 2.23. The Labute approximate surface area is 145 Å². The van der Waals surface area contributed by atoms with Gasteiger partial charge in [-0.1, -0.05) is 0 Å². The molecule has 0 radical (unpaired) electrons. The van der Waals surface area contributed by atoms with Gasteiger partial charge in [-0.05, 0) is 44.0 Å². The zero-order valence-electron chi connectivity index (χ0n) is 13.7. The molecule has 1 aliphatic heterocycles. The van der Waals surface area contributed by atoms with E-state index in [4.69, 9.17) is 9.15 Å². The van der Waals surface area contributed by atoms with E-state index in [1.54, 1.807) is 0 Å². The minimum Gasteiger partial charge on any atom is -0.486 e. The Morgan fingerprint density at radius 1 is 1.24 bits per heavy atom. The number of hydrogen-bond acceptors (Lipinski definition) is 5. The Bertz CT molecular complexity index is 884. The molecule has 6 nitrogen and oxygen atoms in total. The summed E-state index contributed by atoms with van der Waals surface area (Å²) in [6.07, 6.45) is 1.69. The molecule has 8 heteroatoms. The van der Waals surface area contributed by atoms with Gasteiger partial charge in [0.05, 0.1) is 5.56 Å². The van der Waals surface area contributed by atoms with Gasteiger partial charge in [-0.2, -0.15) is 4.31 Å². The molecular weight excluding hydrogens is 349 g/mol. The first-order chi connectivity index (χ1) is 11.9. The fourth-order valence-electron chi connectivity index (χ4n) is 2.66. The largest absolute Gasteiger partial charge is 0.486 e. The standard InChI is InChI=1S/C17H18FNO5S/c1-12(20)15-6-4-13(10-16(15)18)23-11-14-5-7-17(24-14)25(21,22)19-8-2-3-9-19/h4-7,10H,2-3,8-9,11H2,1H3. The summed E-state index contributed by atoms with van der Waals surface area (Å²) in [5.74, 6) is -0.495. The normalized spacial score (nSPS) is 15.4. The Morgan fingerprint density at radius 3 is 2.60 bits per heavy atom. The van der Waals surface area contributed by atoms with Crippen LogP contribution < -0.4 is 4.74 Å². The number of halogens is 1. The van der Waals surface area contributed by atoms with E-state index in [1.807, 2.05) is 0 Å². The minimum atomic E-state index is -3.61. The first kappa shape index (κ1) is 17.6. The van der Waals surface area contributed by atoms with E-state index in [2.05, 4.69) is 0 Å². The molecule has 0 spiro atoms. The number of carbonyl (C=O) groups is 1. The molecule has 2 aromatic rings. The number of ketones is 1. The number of hydrogen-bond donors (Lipinski definition) is 0. The number of Topliss-reactive ketones (excluding diaryl/α,β-unsaturated/α-hetero) is 1. The van der Waals surface area contributed by atoms with Gasteiger partial charge in [0.15, 0.2) is 5.78 Å². The molecular formula is C17H18FNO5S. The Morgan fingerprint density at radius 2 is 1.96 bits per heavy atom. The van der Waals surface area contributed by atoms with Crippen molar-refractivity contribution >= 4 is 15.8 Å². The summed E-state index contributed by atoms with van der Waals surface area (Å²) in [6, 6.07) is 6.85. The fraction of sp³-hybridized carbons (Fsp3) is 0.353. The van der Waals surface area contributed by atoms with Gasteiger partial charge >= 0.3 is 0 Å². The van der Waals surface area contributed by atoms with Crippen molar-refractivity contribution in [3.63, 3.8) is 0 Å². The molecule has 0 aliphatic carbocycles. The smallest absolute Gasteiger partial charge is 0.276 e. The quantitative estimate of drug-likeness (QED) is 0.734. The van der Waals surface area contributed by atoms with Crippen molar-refractivity contribution in [3.05, 3.63) is 47.5 Å². The van der Waals surface area contributed by atoms with Crippen LogP contribution in [0.3, 0.4) is 0 Å². The monoisotopic (exact) mass is 367 g/mol. The van der Waals surface area contributed by atoms with E-state index < -0.39 is 15.8 Å². The lowest BCUT2D eigenvalue weighted by atomic mass is 10.1. The van der Waals surface area contributed by atoms with Crippen molar-refractivity contribution in [2.24, 2.45) is 0 Å². The topological polar surface area (TPSA) is 76.8 Å². The molecule has 1 aromatic heterocycles. The molecule has 0 bridgehead atoms. The number of benzene rings is 1. The average molecular weight is 367 g/mol. The zero-order chi connectivity index (χ0) is 18.0. The molecule has 0 N–H and O–H groups in total. The van der Waals surface area contributed by atoms with E-state index in [0.29, 0.717) is 18.8 Å². The second-order valence-electron chi connectivity index (χ2n) is 5.82. The Hall–Kier alpha value is -2.19. The van der Waals surface area contributed by atoms with Gasteiger partial charge < -0.3 is 9.15 Å². The van der Waals surface area contributed by atoms with Crippen molar-refractivity contribution in [2.75, 3.05) is 13.1 Å². The van der Waals surface area contributed by atoms with Crippen molar-refractivity contribution in [1.82, 2.24) is 4.31 Å². The predicted octanol–water partition coefficient (Wildman–Crippen LogP) is 2.98. The van der Waals surface area contributed by atoms with Crippen molar-refractivity contribution in [2.45, 2.75) is 31.5 Å². The Balaban J connectivity index is 1.68. The fourth-order valence-corrected chi connectivity index (χ4v) is 4.10. The highest BCUT2D eigenvalue weighted by atomic mass is 32.2. The van der Waals surface area contributed by atoms with Gasteiger partial charge in [0, 0.05) is 19.2 Å². The average Bonchev–Trinajstić information content (AvgIpc) is 3.24. The van der Waals surface area contributed by atoms with Crippen LogP contribution in [0.2, 0.25) is 0 Å². The zero-order valence-corrected chi connectivity index (χ0v) is 14.5. The lowest BCUT2D eigenvalue weighted by Crippen LogP contribution is -2.27. The SMILES string of the molecule is CC(=O)c1ccc(OCc2ccc(S(=O)(=O)N3CCCC3)o2)cc1F. The number of furan rings is 1. The summed E-state index contributed by atoms with van der Waals surface area (Å²) in [5, 5.41) is -0.119. The van der Waals surface area contributed by atoms with Gasteiger partial charge in [-0.3, -0.25) is 4.79 Å². The molecule has 0 atom stereocenters. The van der Waals surface area contributed by atoms with Crippen molar-refractivity contribution < 1.29 is 26.8 Å². The van der Waals surface area contributed by atoms with E-state index in [-0.39, 0.29) is 28.8 Å². The highest BCUT2D eigenvalue weighted by molar-refractivity contribution is 7.89. The van der Waals surface area contributed by atoms with Crippen LogP contribution >= 0.6 is 0 Å². The first-order valence-corrected chi connectivity index (χ1v) is 9.34. The maximum atomic E-state index is 13.8. The molecule has 3 rings (SSSR count). The molecule has 2 heterocycles. The number of nitrogens with zero attached hydrogens (tertiary/aromatic N) is 1. The summed E-state index contributed by atoms with van der Waals surface area (Å²) in [4.78, 5) is 11.2. The second-order valence-corrected chi connectivity index (χ2v) is 7.69. The lowest BCUT2D eigenvalue weighted by Gasteiger charge is -2.12. The maximum Gasteiger partial charge on any atom is 0.276 e. The third kappa shape index (κ3) is 3.74. The van der Waals surface area contributed by atoms with Gasteiger partial charge in [0.1, 0.15) is 23.9 Å². The number of rotatable bonds is 6. The highest BCUT2D eigenvalue weighted by Crippen LogP contribution is 2.24. The lowest BCUT2D eigenvalue weighted by molar-refractivity contribution is 0.101. The molecule has 0 unspecified atom stereocenters. The number of carbonyl (C=O) groups excluding carboxylic acids is 1. The Kier molecular flexibility index (Phi) is 4.91. The van der Waals surface area contributed by atoms with Crippen molar-refractivity contribution in [1.29, 1.82) is 0 Å². The summed E-state index contributed by atoms with van der Waals surface area (Å²) >= 11 is 0. The third-order valence-electron chi connectivity index (χ3n) is 4.00.